The third-order valence-electron chi connectivity index (χ3n) is 6.04. The second-order valence-electron chi connectivity index (χ2n) is 9.18. The van der Waals surface area contributed by atoms with Crippen LogP contribution in [0.1, 0.15) is 31.0 Å². The first-order valence-corrected chi connectivity index (χ1v) is 13.0. The molecule has 1 aromatic heterocycles. The minimum Gasteiger partial charge on any atom is -0.355 e. The molecule has 1 aliphatic rings. The predicted molar refractivity (Wildman–Crippen MR) is 133 cm³/mol. The van der Waals surface area contributed by atoms with E-state index in [-0.39, 0.29) is 24.0 Å². The number of hydrogen-bond donors (Lipinski definition) is 2. The van der Waals surface area contributed by atoms with Crippen molar-refractivity contribution >= 4 is 27.6 Å². The Balaban J connectivity index is 1.69. The molecule has 3 aromatic rings. The second kappa shape index (κ2) is 10.4. The number of benzene rings is 2. The van der Waals surface area contributed by atoms with Gasteiger partial charge < -0.3 is 10.7 Å². The summed E-state index contributed by atoms with van der Waals surface area (Å²) >= 11 is 0. The Morgan fingerprint density at radius 1 is 1.19 bits per heavy atom. The van der Waals surface area contributed by atoms with E-state index in [0.29, 0.717) is 35.6 Å². The monoisotopic (exact) mass is 517 g/mol. The molecule has 36 heavy (non-hydrogen) atoms. The van der Waals surface area contributed by atoms with E-state index in [1.54, 1.807) is 6.07 Å². The number of rotatable bonds is 8. The smallest absolute Gasteiger partial charge is 0.264 e. The van der Waals surface area contributed by atoms with Crippen LogP contribution in [0, 0.1) is 23.0 Å². The van der Waals surface area contributed by atoms with E-state index in [1.165, 1.54) is 52.7 Å². The van der Waals surface area contributed by atoms with E-state index < -0.39 is 27.7 Å². The van der Waals surface area contributed by atoms with Crippen molar-refractivity contribution in [2.45, 2.75) is 24.9 Å². The van der Waals surface area contributed by atoms with E-state index >= 15 is 4.39 Å². The standard InChI is InChI=1S/C24H29F2N7O2S/c1-16(2)14-32-8-9-33(36(34,35)24-13-28-31(3)30-24)15-23(32)20-10-17(12-27)22(11-21(20)26)29-19-6-4-18(25)5-7-19/h4-7,10-13,16,23,27,29H,8-9,14-15H2,1-3H3. The summed E-state index contributed by atoms with van der Waals surface area (Å²) in [4.78, 5) is 3.26. The van der Waals surface area contributed by atoms with Gasteiger partial charge in [0, 0.05) is 56.3 Å². The van der Waals surface area contributed by atoms with Gasteiger partial charge in [-0.3, -0.25) is 4.90 Å². The first kappa shape index (κ1) is 25.9. The van der Waals surface area contributed by atoms with Crippen LogP contribution < -0.4 is 5.32 Å². The molecule has 0 spiro atoms. The summed E-state index contributed by atoms with van der Waals surface area (Å²) in [6.45, 7) is 5.44. The van der Waals surface area contributed by atoms with E-state index in [0.717, 1.165) is 6.21 Å². The molecule has 1 fully saturated rings. The Hall–Kier alpha value is -3.22. The third-order valence-corrected chi connectivity index (χ3v) is 7.77. The van der Waals surface area contributed by atoms with Gasteiger partial charge in [-0.15, -0.1) is 5.10 Å². The fourth-order valence-electron chi connectivity index (χ4n) is 4.35. The maximum atomic E-state index is 15.6. The molecule has 12 heteroatoms. The zero-order chi connectivity index (χ0) is 26.0. The molecule has 1 unspecified atom stereocenters. The molecule has 4 rings (SSSR count). The first-order valence-electron chi connectivity index (χ1n) is 11.6. The van der Waals surface area contributed by atoms with Crippen molar-refractivity contribution < 1.29 is 17.2 Å². The van der Waals surface area contributed by atoms with Crippen LogP contribution in [-0.4, -0.2) is 65.0 Å². The number of sulfonamides is 1. The number of nitrogens with one attached hydrogen (secondary N) is 2. The fourth-order valence-corrected chi connectivity index (χ4v) is 5.68. The third kappa shape index (κ3) is 5.45. The van der Waals surface area contributed by atoms with Crippen molar-refractivity contribution in [2.24, 2.45) is 13.0 Å². The maximum Gasteiger partial charge on any atom is 0.264 e. The summed E-state index contributed by atoms with van der Waals surface area (Å²) in [6, 6.07) is 7.93. The van der Waals surface area contributed by atoms with Gasteiger partial charge in [-0.1, -0.05) is 13.8 Å². The average molecular weight is 518 g/mol. The SMILES string of the molecule is CC(C)CN1CCN(S(=O)(=O)c2cnn(C)n2)CC1c1cc(C=N)c(Nc2ccc(F)cc2)cc1F. The van der Waals surface area contributed by atoms with Crippen molar-refractivity contribution in [1.29, 1.82) is 5.41 Å². The van der Waals surface area contributed by atoms with E-state index in [1.807, 2.05) is 0 Å². The number of halogens is 2. The lowest BCUT2D eigenvalue weighted by Gasteiger charge is -2.41. The van der Waals surface area contributed by atoms with Crippen LogP contribution in [0.5, 0.6) is 0 Å². The van der Waals surface area contributed by atoms with Gasteiger partial charge in [-0.2, -0.15) is 14.2 Å². The van der Waals surface area contributed by atoms with Gasteiger partial charge in [-0.25, -0.2) is 17.2 Å². The number of nitrogens with zero attached hydrogens (tertiary/aromatic N) is 5. The predicted octanol–water partition coefficient (Wildman–Crippen LogP) is 3.54. The molecule has 0 amide bonds. The Morgan fingerprint density at radius 3 is 2.53 bits per heavy atom. The normalized spacial score (nSPS) is 17.4. The lowest BCUT2D eigenvalue weighted by Crippen LogP contribution is -2.51. The van der Waals surface area contributed by atoms with Gasteiger partial charge in [-0.05, 0) is 42.3 Å². The summed E-state index contributed by atoms with van der Waals surface area (Å²) < 4.78 is 56.6. The number of aryl methyl sites for hydroxylation is 1. The van der Waals surface area contributed by atoms with Crippen molar-refractivity contribution in [1.82, 2.24) is 24.2 Å². The van der Waals surface area contributed by atoms with Crippen LogP contribution >= 0.6 is 0 Å². The lowest BCUT2D eigenvalue weighted by molar-refractivity contribution is 0.103. The molecule has 0 bridgehead atoms. The van der Waals surface area contributed by atoms with Crippen LogP contribution in [0.3, 0.4) is 0 Å². The molecule has 2 aromatic carbocycles. The number of piperazine rings is 1. The highest BCUT2D eigenvalue weighted by Crippen LogP contribution is 2.34. The zero-order valence-corrected chi connectivity index (χ0v) is 21.1. The number of hydrogen-bond acceptors (Lipinski definition) is 7. The van der Waals surface area contributed by atoms with Gasteiger partial charge in [0.15, 0.2) is 0 Å². The van der Waals surface area contributed by atoms with Crippen LogP contribution in [0.15, 0.2) is 47.6 Å². The molecular weight excluding hydrogens is 488 g/mol. The summed E-state index contributed by atoms with van der Waals surface area (Å²) in [5.41, 5.74) is 1.63. The van der Waals surface area contributed by atoms with Gasteiger partial charge >= 0.3 is 0 Å². The zero-order valence-electron chi connectivity index (χ0n) is 20.3. The Labute approximate surface area is 209 Å². The van der Waals surface area contributed by atoms with E-state index in [9.17, 15) is 12.8 Å². The minimum atomic E-state index is -3.91. The molecule has 2 heterocycles. The Morgan fingerprint density at radius 2 is 1.92 bits per heavy atom. The van der Waals surface area contributed by atoms with Crippen molar-refractivity contribution in [3.8, 4) is 0 Å². The van der Waals surface area contributed by atoms with Crippen molar-refractivity contribution in [3.63, 3.8) is 0 Å². The van der Waals surface area contributed by atoms with Gasteiger partial charge in [0.1, 0.15) is 11.6 Å². The second-order valence-corrected chi connectivity index (χ2v) is 11.1. The topological polar surface area (TPSA) is 107 Å². The van der Waals surface area contributed by atoms with Crippen LogP contribution in [0.2, 0.25) is 0 Å². The quantitative estimate of drug-likeness (QED) is 0.443. The summed E-state index contributed by atoms with van der Waals surface area (Å²) in [5.74, 6) is -0.638. The molecule has 0 saturated carbocycles. The molecule has 1 atom stereocenters. The Bertz CT molecular complexity index is 1340. The van der Waals surface area contributed by atoms with Gasteiger partial charge in [0.05, 0.1) is 17.9 Å². The molecule has 1 saturated heterocycles. The molecule has 0 radical (unpaired) electrons. The van der Waals surface area contributed by atoms with E-state index in [4.69, 9.17) is 5.41 Å². The van der Waals surface area contributed by atoms with Crippen LogP contribution in [0.4, 0.5) is 20.2 Å². The van der Waals surface area contributed by atoms with Gasteiger partial charge in [0.2, 0.25) is 5.03 Å². The highest BCUT2D eigenvalue weighted by molar-refractivity contribution is 7.89. The van der Waals surface area contributed by atoms with E-state index in [2.05, 4.69) is 34.3 Å². The average Bonchev–Trinajstić information content (AvgIpc) is 3.28. The first-order chi connectivity index (χ1) is 17.1. The van der Waals surface area contributed by atoms with Crippen molar-refractivity contribution in [3.05, 3.63) is 65.4 Å². The van der Waals surface area contributed by atoms with Crippen molar-refractivity contribution in [2.75, 3.05) is 31.5 Å². The number of aromatic nitrogens is 3. The van der Waals surface area contributed by atoms with Crippen LogP contribution in [0.25, 0.3) is 0 Å². The largest absolute Gasteiger partial charge is 0.355 e. The molecule has 0 aliphatic carbocycles. The Kier molecular flexibility index (Phi) is 7.48. The van der Waals surface area contributed by atoms with Crippen LogP contribution in [-0.2, 0) is 17.1 Å². The highest BCUT2D eigenvalue weighted by Gasteiger charge is 2.37. The molecule has 1 aliphatic heterocycles. The maximum absolute atomic E-state index is 15.6. The number of anilines is 2. The fraction of sp³-hybridized carbons (Fsp3) is 0.375. The molecular formula is C24H29F2N7O2S. The lowest BCUT2D eigenvalue weighted by atomic mass is 9.98. The summed E-state index contributed by atoms with van der Waals surface area (Å²) in [6.07, 6.45) is 2.31. The molecule has 9 nitrogen and oxygen atoms in total. The van der Waals surface area contributed by atoms with Gasteiger partial charge in [0.25, 0.3) is 10.0 Å². The minimum absolute atomic E-state index is 0.0325. The summed E-state index contributed by atoms with van der Waals surface area (Å²) in [7, 11) is -2.37. The summed E-state index contributed by atoms with van der Waals surface area (Å²) in [5, 5.41) is 18.6. The highest BCUT2D eigenvalue weighted by atomic mass is 32.2. The molecule has 192 valence electrons. The molecule has 2 N–H and O–H groups in total.